The second kappa shape index (κ2) is 23.6. The Bertz CT molecular complexity index is 2330. The van der Waals surface area contributed by atoms with Gasteiger partial charge in [-0.3, -0.25) is 9.13 Å². The summed E-state index contributed by atoms with van der Waals surface area (Å²) < 4.78 is 94.0. The molecule has 2 fully saturated rings. The van der Waals surface area contributed by atoms with Crippen LogP contribution in [0.15, 0.2) is 182 Å². The quantitative estimate of drug-likeness (QED) is 0.0423. The summed E-state index contributed by atoms with van der Waals surface area (Å²) in [5.41, 5.74) is 4.04. The van der Waals surface area contributed by atoms with Crippen LogP contribution in [0.1, 0.15) is 46.2 Å². The summed E-state index contributed by atoms with van der Waals surface area (Å²) in [6.45, 7) is -0.151. The molecule has 6 aromatic rings. The molecule has 352 valence electrons. The average Bonchev–Trinajstić information content (AvgIpc) is 3.98. The van der Waals surface area contributed by atoms with Gasteiger partial charge in [0.05, 0.1) is 39.1 Å². The Kier molecular flexibility index (Phi) is 17.2. The Morgan fingerprint density at radius 3 is 1.30 bits per heavy atom. The van der Waals surface area contributed by atoms with Crippen LogP contribution >= 0.6 is 15.2 Å². The molecule has 0 spiro atoms. The van der Waals surface area contributed by atoms with Gasteiger partial charge in [-0.05, 0) is 33.4 Å². The highest BCUT2D eigenvalue weighted by atomic mass is 31.2. The predicted molar refractivity (Wildman–Crippen MR) is 254 cm³/mol. The van der Waals surface area contributed by atoms with E-state index in [1.807, 2.05) is 182 Å². The summed E-state index contributed by atoms with van der Waals surface area (Å²) in [6, 6.07) is 58.3. The van der Waals surface area contributed by atoms with Gasteiger partial charge in [0.15, 0.2) is 18.5 Å². The molecule has 12 nitrogen and oxygen atoms in total. The molecule has 0 N–H and O–H groups in total. The maximum Gasteiger partial charge on any atom is 0.343 e. The summed E-state index contributed by atoms with van der Waals surface area (Å²) in [5, 5.41) is 0. The van der Waals surface area contributed by atoms with Crippen molar-refractivity contribution in [3.8, 4) is 0 Å². The van der Waals surface area contributed by atoms with E-state index in [0.29, 0.717) is 13.0 Å². The van der Waals surface area contributed by atoms with Gasteiger partial charge in [0.25, 0.3) is 0 Å². The molecule has 0 aromatic heterocycles. The van der Waals surface area contributed by atoms with Crippen LogP contribution in [0.3, 0.4) is 0 Å². The van der Waals surface area contributed by atoms with Crippen molar-refractivity contribution >= 4 is 15.2 Å². The average molecular weight is 949 g/mol. The summed E-state index contributed by atoms with van der Waals surface area (Å²) in [5.74, 6) is -0.723. The molecule has 2 aliphatic rings. The van der Waals surface area contributed by atoms with Crippen molar-refractivity contribution in [3.63, 3.8) is 0 Å². The maximum absolute atomic E-state index is 15.8. The zero-order chi connectivity index (χ0) is 46.4. The lowest BCUT2D eigenvalue weighted by atomic mass is 9.80. The van der Waals surface area contributed by atoms with Crippen molar-refractivity contribution in [2.45, 2.75) is 75.3 Å². The zero-order valence-electron chi connectivity index (χ0n) is 37.7. The fourth-order valence-electron chi connectivity index (χ4n) is 8.32. The first-order chi connectivity index (χ1) is 32.8. The third-order valence-electron chi connectivity index (χ3n) is 11.8. The summed E-state index contributed by atoms with van der Waals surface area (Å²) >= 11 is 0. The van der Waals surface area contributed by atoms with Crippen LogP contribution in [0.4, 0.5) is 0 Å². The van der Waals surface area contributed by atoms with E-state index >= 15 is 9.13 Å². The van der Waals surface area contributed by atoms with Crippen molar-refractivity contribution in [2.24, 2.45) is 0 Å². The minimum Gasteiger partial charge on any atom is -0.371 e. The fourth-order valence-corrected chi connectivity index (χ4v) is 13.1. The molecular formula is C53H58O12P2. The van der Waals surface area contributed by atoms with Crippen LogP contribution in [-0.4, -0.2) is 70.3 Å². The number of methoxy groups -OCH3 is 2. The van der Waals surface area contributed by atoms with Crippen LogP contribution in [0.25, 0.3) is 0 Å². The van der Waals surface area contributed by atoms with Crippen LogP contribution in [-0.2, 0) is 81.1 Å². The van der Waals surface area contributed by atoms with Crippen molar-refractivity contribution in [1.29, 1.82) is 0 Å². The molecule has 8 rings (SSSR count). The van der Waals surface area contributed by atoms with Gasteiger partial charge in [-0.2, -0.15) is 0 Å². The van der Waals surface area contributed by atoms with E-state index in [1.54, 1.807) is 7.11 Å². The molecule has 7 atom stereocenters. The van der Waals surface area contributed by atoms with Crippen molar-refractivity contribution in [1.82, 2.24) is 0 Å². The molecule has 2 saturated heterocycles. The Morgan fingerprint density at radius 2 is 0.866 bits per heavy atom. The first kappa shape index (κ1) is 48.8. The third kappa shape index (κ3) is 12.9. The Hall–Kier alpha value is -4.62. The monoisotopic (exact) mass is 948 g/mol. The van der Waals surface area contributed by atoms with Crippen molar-refractivity contribution < 1.29 is 55.6 Å². The van der Waals surface area contributed by atoms with E-state index < -0.39 is 63.7 Å². The molecular weight excluding hydrogens is 891 g/mol. The summed E-state index contributed by atoms with van der Waals surface area (Å²) in [4.78, 5) is 0. The van der Waals surface area contributed by atoms with Gasteiger partial charge in [0, 0.05) is 27.1 Å². The van der Waals surface area contributed by atoms with Crippen LogP contribution in [0, 0.1) is 0 Å². The molecule has 1 unspecified atom stereocenters. The molecule has 6 aromatic carbocycles. The second-order valence-corrected chi connectivity index (χ2v) is 21.0. The normalized spacial score (nSPS) is 21.8. The molecule has 2 heterocycles. The number of ether oxygens (including phenoxy) is 6. The summed E-state index contributed by atoms with van der Waals surface area (Å²) in [6.07, 6.45) is -3.79. The standard InChI is InChI=1S/C53H58O12P2/c1-56-51-33-47(58-35-41-21-9-3-10-22-41)50(64-51)39-62-67(55,40-66(54,60-36-42-23-11-4-12-24-42)61-37-43-25-13-5-14-26-43)65-48-34-52(57-2)63-49(48)38-59-53(44-27-15-6-16-28-44,45-29-17-7-18-30-45)46-31-19-8-20-32-46/h3-32,47-52H,33-40H2,1-2H3/t47-,48-,49+,50+,51+,52+,67?/m0/s1. The van der Waals surface area contributed by atoms with Crippen LogP contribution in [0.5, 0.6) is 0 Å². The van der Waals surface area contributed by atoms with E-state index in [-0.39, 0.29) is 32.8 Å². The lowest BCUT2D eigenvalue weighted by molar-refractivity contribution is -0.144. The molecule has 14 heteroatoms. The van der Waals surface area contributed by atoms with E-state index in [0.717, 1.165) is 33.4 Å². The Labute approximate surface area is 393 Å². The number of hydrogen-bond donors (Lipinski definition) is 0. The lowest BCUT2D eigenvalue weighted by Crippen LogP contribution is -2.38. The van der Waals surface area contributed by atoms with Crippen LogP contribution in [0.2, 0.25) is 0 Å². The first-order valence-corrected chi connectivity index (χ1v) is 25.9. The fraction of sp³-hybridized carbons (Fsp3) is 0.321. The molecule has 0 radical (unpaired) electrons. The minimum atomic E-state index is -4.51. The van der Waals surface area contributed by atoms with Gasteiger partial charge in [0.1, 0.15) is 23.9 Å². The molecule has 0 amide bonds. The van der Waals surface area contributed by atoms with Crippen molar-refractivity contribution in [2.75, 3.05) is 33.3 Å². The number of benzene rings is 6. The highest BCUT2D eigenvalue weighted by molar-refractivity contribution is 7.71. The van der Waals surface area contributed by atoms with Gasteiger partial charge in [-0.1, -0.05) is 182 Å². The summed E-state index contributed by atoms with van der Waals surface area (Å²) in [7, 11) is -5.72. The number of hydrogen-bond acceptors (Lipinski definition) is 12. The smallest absolute Gasteiger partial charge is 0.343 e. The maximum atomic E-state index is 15.8. The Morgan fingerprint density at radius 1 is 0.478 bits per heavy atom. The van der Waals surface area contributed by atoms with Gasteiger partial charge in [0.2, 0.25) is 0 Å². The van der Waals surface area contributed by atoms with Gasteiger partial charge < -0.3 is 46.5 Å². The Balaban J connectivity index is 1.11. The van der Waals surface area contributed by atoms with E-state index in [4.69, 9.17) is 46.5 Å². The van der Waals surface area contributed by atoms with E-state index in [1.165, 1.54) is 7.11 Å². The molecule has 0 aliphatic carbocycles. The van der Waals surface area contributed by atoms with Crippen LogP contribution < -0.4 is 0 Å². The highest BCUT2D eigenvalue weighted by Gasteiger charge is 2.49. The number of rotatable bonds is 24. The lowest BCUT2D eigenvalue weighted by Gasteiger charge is -2.37. The molecule has 0 saturated carbocycles. The SMILES string of the molecule is CO[C@H]1C[C@H](OCc2ccccc2)[C@@H](COP(=O)(CP(=O)(OCc2ccccc2)OCc2ccccc2)O[C@H]2C[C@H](OC)O[C@@H]2COC(c2ccccc2)(c2ccccc2)c2ccccc2)O1. The van der Waals surface area contributed by atoms with Gasteiger partial charge in [-0.25, -0.2) is 0 Å². The minimum absolute atomic E-state index is 0.0352. The first-order valence-electron chi connectivity index (χ1n) is 22.5. The second-order valence-electron chi connectivity index (χ2n) is 16.4. The van der Waals surface area contributed by atoms with Crippen molar-refractivity contribution in [3.05, 3.63) is 215 Å². The van der Waals surface area contributed by atoms with Gasteiger partial charge in [-0.15, -0.1) is 0 Å². The predicted octanol–water partition coefficient (Wildman–Crippen LogP) is 11.3. The molecule has 2 aliphatic heterocycles. The molecule has 67 heavy (non-hydrogen) atoms. The topological polar surface area (TPSA) is 126 Å². The zero-order valence-corrected chi connectivity index (χ0v) is 39.5. The third-order valence-corrected chi connectivity index (χ3v) is 16.7. The highest BCUT2D eigenvalue weighted by Crippen LogP contribution is 2.66. The van der Waals surface area contributed by atoms with Gasteiger partial charge >= 0.3 is 15.2 Å². The largest absolute Gasteiger partial charge is 0.371 e. The van der Waals surface area contributed by atoms with E-state index in [9.17, 15) is 0 Å². The molecule has 0 bridgehead atoms. The van der Waals surface area contributed by atoms with E-state index in [2.05, 4.69) is 0 Å².